The zero-order valence-electron chi connectivity index (χ0n) is 10.3. The first-order valence-corrected chi connectivity index (χ1v) is 5.58. The van der Waals surface area contributed by atoms with E-state index in [9.17, 15) is 9.18 Å². The number of carbonyl (C=O) groups excluding carboxylic acids is 1. The molecule has 0 saturated carbocycles. The highest BCUT2D eigenvalue weighted by Crippen LogP contribution is 2.31. The van der Waals surface area contributed by atoms with Crippen molar-refractivity contribution in [3.8, 4) is 17.6 Å². The van der Waals surface area contributed by atoms with Crippen molar-refractivity contribution in [1.29, 1.82) is 5.26 Å². The molecule has 4 N–H and O–H groups in total. The number of carbonyl (C=O) groups is 1. The number of nitrogens with two attached hydrogens (primary N) is 2. The van der Waals surface area contributed by atoms with Crippen LogP contribution < -0.4 is 16.2 Å². The molecule has 2 aromatic carbocycles. The van der Waals surface area contributed by atoms with Gasteiger partial charge < -0.3 is 16.2 Å². The van der Waals surface area contributed by atoms with Crippen LogP contribution >= 0.6 is 0 Å². The van der Waals surface area contributed by atoms with Gasteiger partial charge in [0.25, 0.3) is 5.91 Å². The van der Waals surface area contributed by atoms with E-state index in [1.54, 1.807) is 12.1 Å². The van der Waals surface area contributed by atoms with E-state index in [-0.39, 0.29) is 28.3 Å². The van der Waals surface area contributed by atoms with Crippen LogP contribution in [0.5, 0.6) is 11.5 Å². The lowest BCUT2D eigenvalue weighted by Crippen LogP contribution is -2.13. The Morgan fingerprint density at radius 3 is 2.65 bits per heavy atom. The number of hydrogen-bond donors (Lipinski definition) is 2. The van der Waals surface area contributed by atoms with Crippen LogP contribution in [0.25, 0.3) is 0 Å². The zero-order valence-corrected chi connectivity index (χ0v) is 10.3. The van der Waals surface area contributed by atoms with Gasteiger partial charge in [0.2, 0.25) is 0 Å². The highest BCUT2D eigenvalue weighted by Gasteiger charge is 2.14. The summed E-state index contributed by atoms with van der Waals surface area (Å²) in [6.45, 7) is 0. The minimum Gasteiger partial charge on any atom is -0.454 e. The Hall–Kier alpha value is -3.07. The quantitative estimate of drug-likeness (QED) is 0.835. The molecule has 0 atom stereocenters. The van der Waals surface area contributed by atoms with Gasteiger partial charge >= 0.3 is 0 Å². The number of anilines is 1. The molecule has 0 fully saturated rings. The van der Waals surface area contributed by atoms with Crippen LogP contribution in [0.4, 0.5) is 10.1 Å². The average molecular weight is 271 g/mol. The molecule has 6 heteroatoms. The van der Waals surface area contributed by atoms with E-state index < -0.39 is 11.7 Å². The second kappa shape index (κ2) is 5.28. The van der Waals surface area contributed by atoms with Gasteiger partial charge in [0.15, 0.2) is 5.75 Å². The monoisotopic (exact) mass is 271 g/mol. The molecule has 2 rings (SSSR count). The van der Waals surface area contributed by atoms with Crippen LogP contribution in [0.15, 0.2) is 36.4 Å². The number of ether oxygens (including phenoxy) is 1. The second-order valence-corrected chi connectivity index (χ2v) is 3.94. The molecule has 2 aromatic rings. The van der Waals surface area contributed by atoms with E-state index in [0.29, 0.717) is 0 Å². The molecule has 100 valence electrons. The Kier molecular flexibility index (Phi) is 3.53. The van der Waals surface area contributed by atoms with Crippen LogP contribution in [-0.4, -0.2) is 5.91 Å². The number of halogens is 1. The minimum absolute atomic E-state index is 0.0594. The van der Waals surface area contributed by atoms with Gasteiger partial charge in [-0.15, -0.1) is 0 Å². The number of nitrogen functional groups attached to an aromatic ring is 1. The van der Waals surface area contributed by atoms with E-state index in [1.807, 2.05) is 0 Å². The maximum atomic E-state index is 13.5. The lowest BCUT2D eigenvalue weighted by molar-refractivity contribution is 0.0998. The maximum Gasteiger partial charge on any atom is 0.252 e. The third-order valence-corrected chi connectivity index (χ3v) is 2.59. The van der Waals surface area contributed by atoms with Gasteiger partial charge in [-0.3, -0.25) is 4.79 Å². The van der Waals surface area contributed by atoms with E-state index in [0.717, 1.165) is 6.07 Å². The highest BCUT2D eigenvalue weighted by molar-refractivity contribution is 5.97. The van der Waals surface area contributed by atoms with Crippen LogP contribution in [0, 0.1) is 17.1 Å². The second-order valence-electron chi connectivity index (χ2n) is 3.94. The molecule has 0 radical (unpaired) electrons. The van der Waals surface area contributed by atoms with Crippen molar-refractivity contribution in [2.75, 3.05) is 5.73 Å². The number of nitrogens with zero attached hydrogens (tertiary/aromatic N) is 1. The summed E-state index contributed by atoms with van der Waals surface area (Å²) in [5.41, 5.74) is 11.1. The fourth-order valence-corrected chi connectivity index (χ4v) is 1.63. The summed E-state index contributed by atoms with van der Waals surface area (Å²) < 4.78 is 18.9. The first kappa shape index (κ1) is 13.4. The predicted molar refractivity (Wildman–Crippen MR) is 70.6 cm³/mol. The van der Waals surface area contributed by atoms with E-state index in [1.165, 1.54) is 24.3 Å². The average Bonchev–Trinajstić information content (AvgIpc) is 2.41. The SMILES string of the molecule is N#Cc1ccc(Oc2c(N)cccc2C(N)=O)cc1F. The number of para-hydroxylation sites is 1. The Morgan fingerprint density at radius 2 is 2.05 bits per heavy atom. The summed E-state index contributed by atoms with van der Waals surface area (Å²) in [5.74, 6) is -1.26. The molecule has 5 nitrogen and oxygen atoms in total. The summed E-state index contributed by atoms with van der Waals surface area (Å²) in [4.78, 5) is 11.3. The van der Waals surface area contributed by atoms with Gasteiger partial charge in [-0.05, 0) is 24.3 Å². The van der Waals surface area contributed by atoms with Crippen molar-refractivity contribution in [3.05, 3.63) is 53.3 Å². The molecule has 0 aliphatic rings. The molecule has 20 heavy (non-hydrogen) atoms. The van der Waals surface area contributed by atoms with Gasteiger partial charge in [-0.2, -0.15) is 5.26 Å². The van der Waals surface area contributed by atoms with Gasteiger partial charge in [0.1, 0.15) is 17.6 Å². The topological polar surface area (TPSA) is 102 Å². The Labute approximate surface area is 114 Å². The number of nitriles is 1. The van der Waals surface area contributed by atoms with E-state index in [2.05, 4.69) is 0 Å². The zero-order chi connectivity index (χ0) is 14.7. The standard InChI is InChI=1S/C14H10FN3O2/c15-11-6-9(5-4-8(11)7-16)20-13-10(14(18)19)2-1-3-12(13)17/h1-6H,17H2,(H2,18,19). The molecule has 0 heterocycles. The summed E-state index contributed by atoms with van der Waals surface area (Å²) in [6.07, 6.45) is 0. The normalized spacial score (nSPS) is 9.80. The van der Waals surface area contributed by atoms with Gasteiger partial charge in [0, 0.05) is 6.07 Å². The Morgan fingerprint density at radius 1 is 1.30 bits per heavy atom. The summed E-state index contributed by atoms with van der Waals surface area (Å²) >= 11 is 0. The molecule has 0 saturated heterocycles. The van der Waals surface area contributed by atoms with Crippen molar-refractivity contribution in [3.63, 3.8) is 0 Å². The van der Waals surface area contributed by atoms with Crippen molar-refractivity contribution in [1.82, 2.24) is 0 Å². The third-order valence-electron chi connectivity index (χ3n) is 2.59. The Balaban J connectivity index is 2.43. The number of rotatable bonds is 3. The first-order valence-electron chi connectivity index (χ1n) is 5.58. The lowest BCUT2D eigenvalue weighted by Gasteiger charge is -2.11. The summed E-state index contributed by atoms with van der Waals surface area (Å²) in [5, 5.41) is 8.65. The molecule has 0 aliphatic carbocycles. The fourth-order valence-electron chi connectivity index (χ4n) is 1.63. The van der Waals surface area contributed by atoms with Crippen LogP contribution in [0.3, 0.4) is 0 Å². The number of amides is 1. The lowest BCUT2D eigenvalue weighted by atomic mass is 10.1. The largest absolute Gasteiger partial charge is 0.454 e. The molecule has 0 spiro atoms. The summed E-state index contributed by atoms with van der Waals surface area (Å²) in [7, 11) is 0. The van der Waals surface area contributed by atoms with E-state index >= 15 is 0 Å². The molecular weight excluding hydrogens is 261 g/mol. The molecule has 0 unspecified atom stereocenters. The summed E-state index contributed by atoms with van der Waals surface area (Å²) in [6, 6.07) is 9.95. The molecule has 0 bridgehead atoms. The van der Waals surface area contributed by atoms with Gasteiger partial charge in [-0.1, -0.05) is 6.07 Å². The number of primary amides is 1. The van der Waals surface area contributed by atoms with Crippen LogP contribution in [-0.2, 0) is 0 Å². The molecule has 0 aliphatic heterocycles. The number of hydrogen-bond acceptors (Lipinski definition) is 4. The minimum atomic E-state index is -0.722. The fraction of sp³-hybridized carbons (Fsp3) is 0. The van der Waals surface area contributed by atoms with Crippen molar-refractivity contribution < 1.29 is 13.9 Å². The van der Waals surface area contributed by atoms with Crippen molar-refractivity contribution in [2.24, 2.45) is 5.73 Å². The van der Waals surface area contributed by atoms with E-state index in [4.69, 9.17) is 21.5 Å². The van der Waals surface area contributed by atoms with Gasteiger partial charge in [-0.25, -0.2) is 4.39 Å². The van der Waals surface area contributed by atoms with Crippen molar-refractivity contribution in [2.45, 2.75) is 0 Å². The highest BCUT2D eigenvalue weighted by atomic mass is 19.1. The predicted octanol–water partition coefficient (Wildman–Crippen LogP) is 2.17. The third kappa shape index (κ3) is 2.52. The molecule has 0 aromatic heterocycles. The van der Waals surface area contributed by atoms with Crippen LogP contribution in [0.1, 0.15) is 15.9 Å². The first-order chi connectivity index (χ1) is 9.52. The maximum absolute atomic E-state index is 13.5. The Bertz CT molecular complexity index is 723. The molecular formula is C14H10FN3O2. The smallest absolute Gasteiger partial charge is 0.252 e. The van der Waals surface area contributed by atoms with Crippen LogP contribution in [0.2, 0.25) is 0 Å². The van der Waals surface area contributed by atoms with Gasteiger partial charge in [0.05, 0.1) is 16.8 Å². The van der Waals surface area contributed by atoms with Crippen molar-refractivity contribution >= 4 is 11.6 Å². The number of benzene rings is 2. The molecule has 1 amide bonds.